The molecule has 6 heteroatoms. The first-order valence-corrected chi connectivity index (χ1v) is 8.05. The molecule has 2 fully saturated rings. The SMILES string of the molecule is CC(C)N1CCN2c3ncc(F)cc3N(C3CC3)C(=O)[C@@H]2C1. The lowest BCUT2D eigenvalue weighted by Crippen LogP contribution is -2.64. The van der Waals surface area contributed by atoms with Crippen LogP contribution in [0.2, 0.25) is 0 Å². The molecule has 4 rings (SSSR count). The highest BCUT2D eigenvalue weighted by Crippen LogP contribution is 2.42. The van der Waals surface area contributed by atoms with E-state index in [9.17, 15) is 9.18 Å². The van der Waals surface area contributed by atoms with Crippen LogP contribution >= 0.6 is 0 Å². The van der Waals surface area contributed by atoms with E-state index in [0.29, 0.717) is 11.7 Å². The molecule has 5 nitrogen and oxygen atoms in total. The number of rotatable bonds is 2. The summed E-state index contributed by atoms with van der Waals surface area (Å²) >= 11 is 0. The monoisotopic (exact) mass is 304 g/mol. The first kappa shape index (κ1) is 13.9. The van der Waals surface area contributed by atoms with Gasteiger partial charge in [0.25, 0.3) is 5.91 Å². The third-order valence-electron chi connectivity index (χ3n) is 4.92. The van der Waals surface area contributed by atoms with Crippen molar-refractivity contribution in [2.24, 2.45) is 0 Å². The quantitative estimate of drug-likeness (QED) is 0.832. The van der Waals surface area contributed by atoms with Crippen molar-refractivity contribution >= 4 is 17.4 Å². The summed E-state index contributed by atoms with van der Waals surface area (Å²) < 4.78 is 13.6. The molecule has 2 aliphatic heterocycles. The molecule has 1 aliphatic carbocycles. The Morgan fingerprint density at radius 2 is 2.09 bits per heavy atom. The lowest BCUT2D eigenvalue weighted by Gasteiger charge is -2.48. The molecule has 1 saturated heterocycles. The Kier molecular flexibility index (Phi) is 3.11. The Morgan fingerprint density at radius 3 is 2.77 bits per heavy atom. The number of pyridine rings is 1. The standard InChI is InChI=1S/C16H21FN4O/c1-10(2)19-5-6-20-14(9-19)16(22)21(12-3-4-12)13-7-11(17)8-18-15(13)20/h7-8,10,12,14H,3-6,9H2,1-2H3/t14-/m0/s1. The van der Waals surface area contributed by atoms with Crippen molar-refractivity contribution in [1.29, 1.82) is 0 Å². The van der Waals surface area contributed by atoms with Crippen LogP contribution in [0.4, 0.5) is 15.9 Å². The molecular weight excluding hydrogens is 283 g/mol. The van der Waals surface area contributed by atoms with Crippen molar-refractivity contribution in [3.63, 3.8) is 0 Å². The highest BCUT2D eigenvalue weighted by Gasteiger charge is 2.47. The van der Waals surface area contributed by atoms with E-state index in [0.717, 1.165) is 38.3 Å². The minimum Gasteiger partial charge on any atom is -0.340 e. The summed E-state index contributed by atoms with van der Waals surface area (Å²) in [4.78, 5) is 23.5. The second kappa shape index (κ2) is 4.91. The fourth-order valence-corrected chi connectivity index (χ4v) is 3.55. The van der Waals surface area contributed by atoms with Crippen molar-refractivity contribution in [1.82, 2.24) is 9.88 Å². The zero-order valence-corrected chi connectivity index (χ0v) is 13.0. The maximum absolute atomic E-state index is 13.6. The number of fused-ring (bicyclic) bond motifs is 3. The Balaban J connectivity index is 1.75. The van der Waals surface area contributed by atoms with Gasteiger partial charge < -0.3 is 9.80 Å². The molecule has 0 unspecified atom stereocenters. The summed E-state index contributed by atoms with van der Waals surface area (Å²) in [6, 6.07) is 1.92. The number of carbonyl (C=O) groups excluding carboxylic acids is 1. The number of anilines is 2. The van der Waals surface area contributed by atoms with E-state index in [2.05, 4.69) is 28.6 Å². The van der Waals surface area contributed by atoms with Gasteiger partial charge in [0.1, 0.15) is 11.9 Å². The van der Waals surface area contributed by atoms with Gasteiger partial charge in [-0.25, -0.2) is 9.37 Å². The number of hydrogen-bond donors (Lipinski definition) is 0. The first-order valence-electron chi connectivity index (χ1n) is 8.05. The minimum atomic E-state index is -0.378. The summed E-state index contributed by atoms with van der Waals surface area (Å²) in [5.41, 5.74) is 0.654. The molecule has 3 heterocycles. The van der Waals surface area contributed by atoms with E-state index in [1.807, 2.05) is 0 Å². The zero-order valence-electron chi connectivity index (χ0n) is 13.0. The smallest absolute Gasteiger partial charge is 0.251 e. The number of nitrogens with zero attached hydrogens (tertiary/aromatic N) is 4. The topological polar surface area (TPSA) is 39.7 Å². The summed E-state index contributed by atoms with van der Waals surface area (Å²) in [6.45, 7) is 6.70. The number of hydrogen-bond acceptors (Lipinski definition) is 4. The van der Waals surface area contributed by atoms with Gasteiger partial charge in [0, 0.05) is 37.8 Å². The highest BCUT2D eigenvalue weighted by atomic mass is 19.1. The van der Waals surface area contributed by atoms with Gasteiger partial charge in [0.05, 0.1) is 11.9 Å². The van der Waals surface area contributed by atoms with Crippen LogP contribution in [0.1, 0.15) is 26.7 Å². The molecular formula is C16H21FN4O. The fourth-order valence-electron chi connectivity index (χ4n) is 3.55. The molecule has 0 bridgehead atoms. The molecule has 1 atom stereocenters. The molecule has 1 saturated carbocycles. The van der Waals surface area contributed by atoms with Gasteiger partial charge >= 0.3 is 0 Å². The van der Waals surface area contributed by atoms with Gasteiger partial charge in [0.2, 0.25) is 0 Å². The van der Waals surface area contributed by atoms with Crippen LogP contribution in [0.15, 0.2) is 12.3 Å². The van der Waals surface area contributed by atoms with Gasteiger partial charge in [0.15, 0.2) is 5.82 Å². The van der Waals surface area contributed by atoms with Crippen LogP contribution in [0.5, 0.6) is 0 Å². The van der Waals surface area contributed by atoms with Crippen molar-refractivity contribution in [3.8, 4) is 0 Å². The van der Waals surface area contributed by atoms with E-state index in [1.165, 1.54) is 12.3 Å². The van der Waals surface area contributed by atoms with Gasteiger partial charge in [-0.15, -0.1) is 0 Å². The van der Waals surface area contributed by atoms with Crippen molar-refractivity contribution in [2.75, 3.05) is 29.4 Å². The fraction of sp³-hybridized carbons (Fsp3) is 0.625. The summed E-state index contributed by atoms with van der Waals surface area (Å²) in [5, 5.41) is 0. The number of carbonyl (C=O) groups is 1. The third kappa shape index (κ3) is 2.08. The summed E-state index contributed by atoms with van der Waals surface area (Å²) in [6.07, 6.45) is 3.26. The normalized spacial score (nSPS) is 25.5. The van der Waals surface area contributed by atoms with Gasteiger partial charge in [-0.2, -0.15) is 0 Å². The predicted molar refractivity (Wildman–Crippen MR) is 82.5 cm³/mol. The Bertz CT molecular complexity index is 616. The molecule has 0 spiro atoms. The molecule has 1 aromatic heterocycles. The maximum atomic E-state index is 13.6. The van der Waals surface area contributed by atoms with Gasteiger partial charge in [-0.3, -0.25) is 9.69 Å². The van der Waals surface area contributed by atoms with Gasteiger partial charge in [-0.05, 0) is 26.7 Å². The number of halogens is 1. The Labute approximate surface area is 129 Å². The number of aromatic nitrogens is 1. The third-order valence-corrected chi connectivity index (χ3v) is 4.92. The molecule has 118 valence electrons. The van der Waals surface area contributed by atoms with E-state index >= 15 is 0 Å². The van der Waals surface area contributed by atoms with E-state index < -0.39 is 0 Å². The van der Waals surface area contributed by atoms with E-state index in [1.54, 1.807) is 4.90 Å². The Morgan fingerprint density at radius 1 is 1.32 bits per heavy atom. The molecule has 1 amide bonds. The van der Waals surface area contributed by atoms with E-state index in [-0.39, 0.29) is 23.8 Å². The molecule has 0 aromatic carbocycles. The minimum absolute atomic E-state index is 0.104. The van der Waals surface area contributed by atoms with Crippen LogP contribution in [-0.4, -0.2) is 53.6 Å². The molecule has 1 aromatic rings. The van der Waals surface area contributed by atoms with Crippen molar-refractivity contribution in [3.05, 3.63) is 18.1 Å². The first-order chi connectivity index (χ1) is 10.6. The van der Waals surface area contributed by atoms with Crippen LogP contribution in [0.25, 0.3) is 0 Å². The second-order valence-electron chi connectivity index (χ2n) is 6.73. The number of amides is 1. The molecule has 0 N–H and O–H groups in total. The molecule has 22 heavy (non-hydrogen) atoms. The highest BCUT2D eigenvalue weighted by molar-refractivity contribution is 6.05. The van der Waals surface area contributed by atoms with Crippen LogP contribution in [0, 0.1) is 5.82 Å². The largest absolute Gasteiger partial charge is 0.340 e. The summed E-state index contributed by atoms with van der Waals surface area (Å²) in [7, 11) is 0. The molecule has 3 aliphatic rings. The summed E-state index contributed by atoms with van der Waals surface area (Å²) in [5.74, 6) is 0.491. The van der Waals surface area contributed by atoms with Crippen LogP contribution < -0.4 is 9.80 Å². The zero-order chi connectivity index (χ0) is 15.4. The van der Waals surface area contributed by atoms with Crippen molar-refractivity contribution in [2.45, 2.75) is 44.8 Å². The average Bonchev–Trinajstić information content (AvgIpc) is 3.31. The van der Waals surface area contributed by atoms with Crippen LogP contribution in [-0.2, 0) is 4.79 Å². The Hall–Kier alpha value is -1.69. The van der Waals surface area contributed by atoms with Crippen LogP contribution in [0.3, 0.4) is 0 Å². The molecule has 0 radical (unpaired) electrons. The van der Waals surface area contributed by atoms with Gasteiger partial charge in [-0.1, -0.05) is 0 Å². The second-order valence-corrected chi connectivity index (χ2v) is 6.73. The van der Waals surface area contributed by atoms with Crippen molar-refractivity contribution < 1.29 is 9.18 Å². The predicted octanol–water partition coefficient (Wildman–Crippen LogP) is 1.63. The lowest BCUT2D eigenvalue weighted by atomic mass is 10.0. The average molecular weight is 304 g/mol. The van der Waals surface area contributed by atoms with E-state index in [4.69, 9.17) is 0 Å². The maximum Gasteiger partial charge on any atom is 0.251 e. The number of piperazine rings is 1. The lowest BCUT2D eigenvalue weighted by molar-refractivity contribution is -0.121.